The van der Waals surface area contributed by atoms with Crippen LogP contribution < -0.4 is 11.0 Å². The second-order valence-corrected chi connectivity index (χ2v) is 6.36. The van der Waals surface area contributed by atoms with Gasteiger partial charge in [-0.25, -0.2) is 9.59 Å². The zero-order valence-corrected chi connectivity index (χ0v) is 16.4. The Labute approximate surface area is 168 Å². The Hall–Kier alpha value is -3.61. The van der Waals surface area contributed by atoms with Gasteiger partial charge in [0.05, 0.1) is 17.6 Å². The highest BCUT2D eigenvalue weighted by Gasteiger charge is 2.14. The Bertz CT molecular complexity index is 1110. The van der Waals surface area contributed by atoms with Crippen LogP contribution in [0.1, 0.15) is 19.4 Å². The van der Waals surface area contributed by atoms with Crippen LogP contribution in [0.3, 0.4) is 0 Å². The molecule has 0 saturated carbocycles. The van der Waals surface area contributed by atoms with Gasteiger partial charge in [0.1, 0.15) is 6.54 Å². The molecule has 0 fully saturated rings. The van der Waals surface area contributed by atoms with Crippen molar-refractivity contribution >= 4 is 34.7 Å². The molecule has 1 heterocycles. The number of amides is 1. The van der Waals surface area contributed by atoms with E-state index < -0.39 is 5.97 Å². The summed E-state index contributed by atoms with van der Waals surface area (Å²) >= 11 is 0. The first kappa shape index (κ1) is 20.1. The number of aromatic nitrogens is 2. The number of para-hydroxylation sites is 2. The van der Waals surface area contributed by atoms with Crippen LogP contribution in [0.15, 0.2) is 59.4 Å². The van der Waals surface area contributed by atoms with Crippen molar-refractivity contribution in [2.45, 2.75) is 26.9 Å². The van der Waals surface area contributed by atoms with Gasteiger partial charge in [0, 0.05) is 18.3 Å². The van der Waals surface area contributed by atoms with E-state index in [0.717, 1.165) is 16.6 Å². The number of esters is 1. The largest absolute Gasteiger partial charge is 0.463 e. The van der Waals surface area contributed by atoms with Crippen molar-refractivity contribution in [2.24, 2.45) is 0 Å². The summed E-state index contributed by atoms with van der Waals surface area (Å²) in [5.41, 5.74) is 2.75. The number of carbonyl (C=O) groups is 2. The van der Waals surface area contributed by atoms with Crippen molar-refractivity contribution in [3.8, 4) is 0 Å². The van der Waals surface area contributed by atoms with Crippen molar-refractivity contribution in [2.75, 3.05) is 11.9 Å². The minimum Gasteiger partial charge on any atom is -0.463 e. The summed E-state index contributed by atoms with van der Waals surface area (Å²) in [5.74, 6) is -0.692. The number of imidazole rings is 1. The van der Waals surface area contributed by atoms with E-state index in [4.69, 9.17) is 4.74 Å². The van der Waals surface area contributed by atoms with E-state index in [-0.39, 0.29) is 18.1 Å². The Morgan fingerprint density at radius 2 is 1.66 bits per heavy atom. The minimum absolute atomic E-state index is 0.0726. The summed E-state index contributed by atoms with van der Waals surface area (Å²) in [6.07, 6.45) is 3.00. The maximum atomic E-state index is 12.6. The highest BCUT2D eigenvalue weighted by molar-refractivity contribution is 5.92. The van der Waals surface area contributed by atoms with Gasteiger partial charge in [-0.2, -0.15) is 0 Å². The second-order valence-electron chi connectivity index (χ2n) is 6.36. The first-order valence-electron chi connectivity index (χ1n) is 9.46. The van der Waals surface area contributed by atoms with E-state index in [9.17, 15) is 14.4 Å². The first-order chi connectivity index (χ1) is 14.0. The number of aryl methyl sites for hydroxylation is 1. The number of anilines is 1. The Morgan fingerprint density at radius 3 is 2.28 bits per heavy atom. The molecule has 7 heteroatoms. The number of fused-ring (bicyclic) bond motifs is 1. The zero-order chi connectivity index (χ0) is 20.8. The van der Waals surface area contributed by atoms with E-state index in [1.54, 1.807) is 41.8 Å². The third-order valence-electron chi connectivity index (χ3n) is 4.44. The van der Waals surface area contributed by atoms with Crippen molar-refractivity contribution in [3.05, 3.63) is 70.7 Å². The molecule has 29 heavy (non-hydrogen) atoms. The maximum absolute atomic E-state index is 12.6. The summed E-state index contributed by atoms with van der Waals surface area (Å²) in [7, 11) is 0. The maximum Gasteiger partial charge on any atom is 0.330 e. The molecule has 0 saturated heterocycles. The lowest BCUT2D eigenvalue weighted by atomic mass is 10.2. The smallest absolute Gasteiger partial charge is 0.330 e. The fourth-order valence-electron chi connectivity index (χ4n) is 3.11. The molecular formula is C22H23N3O4. The fraction of sp³-hybridized carbons (Fsp3) is 0.227. The molecule has 7 nitrogen and oxygen atoms in total. The molecular weight excluding hydrogens is 370 g/mol. The Balaban J connectivity index is 1.70. The number of nitrogens with one attached hydrogen (secondary N) is 1. The monoisotopic (exact) mass is 393 g/mol. The molecule has 0 radical (unpaired) electrons. The van der Waals surface area contributed by atoms with Crippen LogP contribution in [0.2, 0.25) is 0 Å². The van der Waals surface area contributed by atoms with Gasteiger partial charge in [-0.3, -0.25) is 13.9 Å². The summed E-state index contributed by atoms with van der Waals surface area (Å²) < 4.78 is 7.96. The number of nitrogens with zero attached hydrogens (tertiary/aromatic N) is 2. The number of hydrogen-bond donors (Lipinski definition) is 1. The van der Waals surface area contributed by atoms with Crippen LogP contribution in [0, 0.1) is 0 Å². The first-order valence-corrected chi connectivity index (χ1v) is 9.46. The normalized spacial score (nSPS) is 11.1. The van der Waals surface area contributed by atoms with E-state index in [2.05, 4.69) is 5.32 Å². The molecule has 0 aliphatic heterocycles. The van der Waals surface area contributed by atoms with E-state index >= 15 is 0 Å². The quantitative estimate of drug-likeness (QED) is 0.494. The molecule has 1 N–H and O–H groups in total. The van der Waals surface area contributed by atoms with E-state index in [1.165, 1.54) is 10.6 Å². The topological polar surface area (TPSA) is 82.3 Å². The fourth-order valence-corrected chi connectivity index (χ4v) is 3.11. The molecule has 0 aliphatic rings. The van der Waals surface area contributed by atoms with Gasteiger partial charge in [0.2, 0.25) is 5.91 Å². The van der Waals surface area contributed by atoms with Gasteiger partial charge in [0.15, 0.2) is 0 Å². The van der Waals surface area contributed by atoms with Crippen LogP contribution >= 0.6 is 0 Å². The highest BCUT2D eigenvalue weighted by Crippen LogP contribution is 2.14. The third kappa shape index (κ3) is 4.63. The molecule has 0 bridgehead atoms. The number of carbonyl (C=O) groups excluding carboxylic acids is 2. The molecule has 3 aromatic rings. The van der Waals surface area contributed by atoms with Gasteiger partial charge >= 0.3 is 11.7 Å². The molecule has 1 aromatic heterocycles. The zero-order valence-electron chi connectivity index (χ0n) is 16.4. The van der Waals surface area contributed by atoms with Gasteiger partial charge in [-0.15, -0.1) is 0 Å². The average Bonchev–Trinajstić information content (AvgIpc) is 2.98. The summed E-state index contributed by atoms with van der Waals surface area (Å²) in [4.78, 5) is 36.5. The SMILES string of the molecule is CCOC(=O)/C=C/c1ccc(NC(=O)Cn2c(=O)n(CC)c3ccccc32)cc1. The van der Waals surface area contributed by atoms with Gasteiger partial charge in [-0.05, 0) is 49.8 Å². The molecule has 2 aromatic carbocycles. The van der Waals surface area contributed by atoms with Crippen LogP contribution in [0.4, 0.5) is 5.69 Å². The lowest BCUT2D eigenvalue weighted by molar-refractivity contribution is -0.137. The number of ether oxygens (including phenoxy) is 1. The van der Waals surface area contributed by atoms with Crippen LogP contribution in [0.5, 0.6) is 0 Å². The molecule has 150 valence electrons. The third-order valence-corrected chi connectivity index (χ3v) is 4.44. The number of benzene rings is 2. The number of rotatable bonds is 7. The van der Waals surface area contributed by atoms with Crippen molar-refractivity contribution in [1.82, 2.24) is 9.13 Å². The van der Waals surface area contributed by atoms with Gasteiger partial charge < -0.3 is 10.1 Å². The number of hydrogen-bond acceptors (Lipinski definition) is 4. The average molecular weight is 393 g/mol. The standard InChI is InChI=1S/C22H23N3O4/c1-3-24-18-7-5-6-8-19(18)25(22(24)28)15-20(26)23-17-12-9-16(10-13-17)11-14-21(27)29-4-2/h5-14H,3-4,15H2,1-2H3,(H,23,26)/b14-11+. The lowest BCUT2D eigenvalue weighted by Gasteiger charge is -2.07. The van der Waals surface area contributed by atoms with Crippen LogP contribution in [-0.4, -0.2) is 27.6 Å². The van der Waals surface area contributed by atoms with Crippen molar-refractivity contribution < 1.29 is 14.3 Å². The molecule has 3 rings (SSSR count). The van der Waals surface area contributed by atoms with E-state index in [0.29, 0.717) is 18.8 Å². The predicted octanol–water partition coefficient (Wildman–Crippen LogP) is 3.04. The minimum atomic E-state index is -0.401. The lowest BCUT2D eigenvalue weighted by Crippen LogP contribution is -2.29. The summed E-state index contributed by atoms with van der Waals surface area (Å²) in [6.45, 7) is 4.44. The molecule has 0 spiro atoms. The predicted molar refractivity (Wildman–Crippen MR) is 113 cm³/mol. The van der Waals surface area contributed by atoms with Gasteiger partial charge in [-0.1, -0.05) is 24.3 Å². The van der Waals surface area contributed by atoms with Crippen LogP contribution in [-0.2, 0) is 27.4 Å². The Kier molecular flexibility index (Phi) is 6.29. The molecule has 1 amide bonds. The van der Waals surface area contributed by atoms with Crippen molar-refractivity contribution in [1.29, 1.82) is 0 Å². The van der Waals surface area contributed by atoms with Gasteiger partial charge in [0.25, 0.3) is 0 Å². The Morgan fingerprint density at radius 1 is 1.00 bits per heavy atom. The molecule has 0 unspecified atom stereocenters. The second kappa shape index (κ2) is 9.05. The molecule has 0 aliphatic carbocycles. The van der Waals surface area contributed by atoms with Crippen LogP contribution in [0.25, 0.3) is 17.1 Å². The highest BCUT2D eigenvalue weighted by atomic mass is 16.5. The summed E-state index contributed by atoms with van der Waals surface area (Å²) in [6, 6.07) is 14.5. The summed E-state index contributed by atoms with van der Waals surface area (Å²) in [5, 5.41) is 2.80. The van der Waals surface area contributed by atoms with E-state index in [1.807, 2.05) is 31.2 Å². The van der Waals surface area contributed by atoms with Crippen molar-refractivity contribution in [3.63, 3.8) is 0 Å². The molecule has 0 atom stereocenters.